The highest BCUT2D eigenvalue weighted by molar-refractivity contribution is 7.99. The van der Waals surface area contributed by atoms with Crippen LogP contribution in [0.3, 0.4) is 0 Å². The van der Waals surface area contributed by atoms with Gasteiger partial charge in [0, 0.05) is 73.1 Å². The van der Waals surface area contributed by atoms with Crippen LogP contribution in [0.2, 0.25) is 0 Å². The van der Waals surface area contributed by atoms with E-state index in [0.717, 1.165) is 109 Å². The average Bonchev–Trinajstić information content (AvgIpc) is 3.31. The predicted octanol–water partition coefficient (Wildman–Crippen LogP) is 11.6. The minimum absolute atomic E-state index is 0. The Labute approximate surface area is 453 Å². The third-order valence-electron chi connectivity index (χ3n) is 15.2. The molecule has 13 heteroatoms. The van der Waals surface area contributed by atoms with E-state index in [0.29, 0.717) is 18.2 Å². The largest absolute Gasteiger partial charge is 0.463 e. The second-order valence-corrected chi connectivity index (χ2v) is 28.8. The SMILES string of the molecule is C.CC(C)(C)C(=O)C1(CN2CCCCC2)CCOCC1.CC(C)(C)C(=O)C1(CN2CCCCC2)CCSCC1.CC(C)(C)C(=O)OCC(C)(C)N1CCCCC1.CC(C)(CN1CCOCC1)OC(=O)C(C)(C)C. The number of hydrogen-bond acceptors (Lipinski definition) is 13. The fraction of sp³-hybridized carbons (Fsp3) is 0.933. The van der Waals surface area contributed by atoms with Crippen molar-refractivity contribution in [3.05, 3.63) is 0 Å². The fourth-order valence-corrected chi connectivity index (χ4v) is 12.2. The maximum Gasteiger partial charge on any atom is 0.311 e. The standard InChI is InChI=1S/C16H29NO2.C16H29NOS.C14H27NO2.C13H25NO3.CH4/c2*1-15(2,3)14(18)16(7-11-19-12-8-16)13-17-9-5-4-6-10-17;1-13(2,3)12(16)17-11-14(4,5)15-9-7-6-8-10-15;1-12(2,3)11(15)17-13(4,5)10-14-6-8-16-9-7-14;/h2*4-13H2,1-3H3;6-11H2,1-5H3;6-10H2,1-5H3;1H4. The molecule has 6 rings (SSSR count). The van der Waals surface area contributed by atoms with E-state index in [1.807, 2.05) is 67.2 Å². The van der Waals surface area contributed by atoms with E-state index in [4.69, 9.17) is 18.9 Å². The Hall–Kier alpha value is -1.61. The Bertz CT molecular complexity index is 1560. The zero-order valence-corrected chi connectivity index (χ0v) is 50.2. The second-order valence-electron chi connectivity index (χ2n) is 27.6. The number of rotatable bonds is 12. The molecule has 0 amide bonds. The molecule has 0 saturated carbocycles. The lowest BCUT2D eigenvalue weighted by Gasteiger charge is -2.43. The number of hydrogen-bond donors (Lipinski definition) is 0. The van der Waals surface area contributed by atoms with Crippen molar-refractivity contribution in [3.8, 4) is 0 Å². The third-order valence-corrected chi connectivity index (χ3v) is 16.2. The van der Waals surface area contributed by atoms with Crippen molar-refractivity contribution < 1.29 is 38.1 Å². The molecule has 6 saturated heterocycles. The summed E-state index contributed by atoms with van der Waals surface area (Å²) in [6, 6.07) is 0. The molecule has 0 aromatic heterocycles. The Kier molecular flexibility index (Phi) is 27.7. The predicted molar refractivity (Wildman–Crippen MR) is 305 cm³/mol. The highest BCUT2D eigenvalue weighted by Gasteiger charge is 2.47. The number of Topliss-reactive ketones (excluding diaryl/α,β-unsaturated/α-hetero) is 2. The lowest BCUT2D eigenvalue weighted by molar-refractivity contribution is -0.168. The highest BCUT2D eigenvalue weighted by Crippen LogP contribution is 2.43. The van der Waals surface area contributed by atoms with E-state index in [9.17, 15) is 19.2 Å². The van der Waals surface area contributed by atoms with Crippen molar-refractivity contribution in [2.45, 2.75) is 213 Å². The monoisotopic (exact) mass is 1050 g/mol. The Balaban J connectivity index is 0.000000332. The molecule has 0 atom stereocenters. The first-order valence-electron chi connectivity index (χ1n) is 28.5. The molecule has 0 spiro atoms. The van der Waals surface area contributed by atoms with Crippen molar-refractivity contribution in [1.29, 1.82) is 0 Å². The van der Waals surface area contributed by atoms with Crippen LogP contribution in [0.25, 0.3) is 0 Å². The molecule has 0 aromatic rings. The summed E-state index contributed by atoms with van der Waals surface area (Å²) in [5.74, 6) is 3.02. The topological polar surface area (TPSA) is 118 Å². The number of likely N-dealkylation sites (tertiary alicyclic amines) is 3. The molecule has 6 fully saturated rings. The van der Waals surface area contributed by atoms with Gasteiger partial charge in [0.25, 0.3) is 0 Å². The number of thioether (sulfide) groups is 1. The number of morpholine rings is 1. The minimum atomic E-state index is -0.443. The number of nitrogens with zero attached hydrogens (tertiary/aromatic N) is 4. The molecule has 0 bridgehead atoms. The summed E-state index contributed by atoms with van der Waals surface area (Å²) in [6.45, 7) is 47.1. The highest BCUT2D eigenvalue weighted by atomic mass is 32.2. The fourth-order valence-electron chi connectivity index (χ4n) is 10.9. The normalized spacial score (nSPS) is 22.0. The van der Waals surface area contributed by atoms with Crippen LogP contribution < -0.4 is 0 Å². The molecule has 6 aliphatic rings. The van der Waals surface area contributed by atoms with E-state index >= 15 is 0 Å². The zero-order valence-electron chi connectivity index (χ0n) is 49.4. The molecule has 6 aliphatic heterocycles. The quantitative estimate of drug-likeness (QED) is 0.173. The van der Waals surface area contributed by atoms with Crippen LogP contribution in [-0.4, -0.2) is 171 Å². The van der Waals surface area contributed by atoms with Gasteiger partial charge in [-0.3, -0.25) is 29.0 Å². The Morgan fingerprint density at radius 3 is 1.25 bits per heavy atom. The number of esters is 2. The van der Waals surface area contributed by atoms with Crippen LogP contribution in [0.4, 0.5) is 0 Å². The molecule has 0 N–H and O–H groups in total. The van der Waals surface area contributed by atoms with Crippen LogP contribution in [0, 0.1) is 32.5 Å². The third kappa shape index (κ3) is 23.5. The molecule has 0 unspecified atom stereocenters. The first-order valence-corrected chi connectivity index (χ1v) is 29.6. The first-order chi connectivity index (χ1) is 33.3. The van der Waals surface area contributed by atoms with Crippen molar-refractivity contribution in [1.82, 2.24) is 19.6 Å². The van der Waals surface area contributed by atoms with Gasteiger partial charge < -0.3 is 28.7 Å². The lowest BCUT2D eigenvalue weighted by Crippen LogP contribution is -2.51. The van der Waals surface area contributed by atoms with Gasteiger partial charge in [0.1, 0.15) is 23.8 Å². The van der Waals surface area contributed by atoms with Crippen LogP contribution in [-0.2, 0) is 38.1 Å². The molecule has 0 aromatic carbocycles. The van der Waals surface area contributed by atoms with E-state index in [1.165, 1.54) is 84.0 Å². The van der Waals surface area contributed by atoms with Crippen LogP contribution in [0.1, 0.15) is 202 Å². The second kappa shape index (κ2) is 29.9. The number of piperidine rings is 3. The van der Waals surface area contributed by atoms with Gasteiger partial charge >= 0.3 is 11.9 Å². The van der Waals surface area contributed by atoms with Crippen LogP contribution >= 0.6 is 11.8 Å². The first kappa shape index (κ1) is 67.5. The maximum absolute atomic E-state index is 13.0. The minimum Gasteiger partial charge on any atom is -0.463 e. The zero-order chi connectivity index (χ0) is 54.1. The molecule has 12 nitrogen and oxygen atoms in total. The summed E-state index contributed by atoms with van der Waals surface area (Å²) in [4.78, 5) is 59.3. The lowest BCUT2D eigenvalue weighted by atomic mass is 9.67. The van der Waals surface area contributed by atoms with Crippen LogP contribution in [0.5, 0.6) is 0 Å². The van der Waals surface area contributed by atoms with Gasteiger partial charge in [0.15, 0.2) is 0 Å². The van der Waals surface area contributed by atoms with Gasteiger partial charge in [-0.25, -0.2) is 0 Å². The summed E-state index contributed by atoms with van der Waals surface area (Å²) < 4.78 is 21.8. The van der Waals surface area contributed by atoms with Crippen molar-refractivity contribution in [2.75, 3.05) is 117 Å². The van der Waals surface area contributed by atoms with E-state index in [-0.39, 0.29) is 46.6 Å². The maximum atomic E-state index is 13.0. The molecule has 0 aliphatic carbocycles. The summed E-state index contributed by atoms with van der Waals surface area (Å²) in [5, 5.41) is 0. The molecule has 73 heavy (non-hydrogen) atoms. The van der Waals surface area contributed by atoms with Gasteiger partial charge in [0.2, 0.25) is 0 Å². The van der Waals surface area contributed by atoms with Gasteiger partial charge in [0.05, 0.1) is 24.0 Å². The van der Waals surface area contributed by atoms with Gasteiger partial charge in [-0.2, -0.15) is 11.8 Å². The van der Waals surface area contributed by atoms with Crippen molar-refractivity contribution in [2.24, 2.45) is 32.5 Å². The average molecular weight is 1050 g/mol. The summed E-state index contributed by atoms with van der Waals surface area (Å²) >= 11 is 2.02. The summed E-state index contributed by atoms with van der Waals surface area (Å²) in [7, 11) is 0. The van der Waals surface area contributed by atoms with E-state index in [1.54, 1.807) is 0 Å². The molecular formula is C60H114N4O8S. The summed E-state index contributed by atoms with van der Waals surface area (Å²) in [6.07, 6.45) is 15.7. The number of carbonyl (C=O) groups is 4. The van der Waals surface area contributed by atoms with E-state index < -0.39 is 16.4 Å². The molecule has 6 heterocycles. The van der Waals surface area contributed by atoms with Crippen LogP contribution in [0.15, 0.2) is 0 Å². The molecule has 0 radical (unpaired) electrons. The van der Waals surface area contributed by atoms with Gasteiger partial charge in [-0.05, 0) is 184 Å². The number of ether oxygens (including phenoxy) is 4. The Morgan fingerprint density at radius 1 is 0.466 bits per heavy atom. The number of ketones is 2. The van der Waals surface area contributed by atoms with Crippen molar-refractivity contribution >= 4 is 35.3 Å². The van der Waals surface area contributed by atoms with Gasteiger partial charge in [-0.1, -0.05) is 68.2 Å². The van der Waals surface area contributed by atoms with Crippen molar-refractivity contribution in [3.63, 3.8) is 0 Å². The Morgan fingerprint density at radius 2 is 0.849 bits per heavy atom. The smallest absolute Gasteiger partial charge is 0.311 e. The van der Waals surface area contributed by atoms with Gasteiger partial charge in [-0.15, -0.1) is 0 Å². The number of carbonyl (C=O) groups excluding carboxylic acids is 4. The molecular weight excluding hydrogens is 937 g/mol. The summed E-state index contributed by atoms with van der Waals surface area (Å²) in [5.41, 5.74) is -1.98. The molecule has 428 valence electrons. The van der Waals surface area contributed by atoms with E-state index in [2.05, 4.69) is 75.0 Å².